The Morgan fingerprint density at radius 2 is 2.41 bits per heavy atom. The lowest BCUT2D eigenvalue weighted by molar-refractivity contribution is 0.0265. The van der Waals surface area contributed by atoms with Crippen LogP contribution in [0, 0.1) is 0 Å². The van der Waals surface area contributed by atoms with E-state index in [0.717, 1.165) is 19.4 Å². The van der Waals surface area contributed by atoms with E-state index in [1.165, 1.54) is 12.4 Å². The van der Waals surface area contributed by atoms with Gasteiger partial charge in [0, 0.05) is 20.2 Å². The van der Waals surface area contributed by atoms with Gasteiger partial charge in [0.05, 0.1) is 18.5 Å². The van der Waals surface area contributed by atoms with Crippen LogP contribution in [0.25, 0.3) is 0 Å². The van der Waals surface area contributed by atoms with E-state index in [2.05, 4.69) is 9.97 Å². The molecule has 1 aliphatic rings. The normalized spacial score (nSPS) is 20.3. The number of likely N-dealkylation sites (tertiary alicyclic amines) is 1. The van der Waals surface area contributed by atoms with Crippen LogP contribution in [-0.4, -0.2) is 47.1 Å². The van der Waals surface area contributed by atoms with Gasteiger partial charge in [0.2, 0.25) is 0 Å². The smallest absolute Gasteiger partial charge is 0.274 e. The zero-order valence-electron chi connectivity index (χ0n) is 9.80. The molecule has 2 N–H and O–H groups in total. The first-order valence-electron chi connectivity index (χ1n) is 5.60. The molecule has 1 aromatic rings. The largest absolute Gasteiger partial charge is 0.382 e. The number of amides is 1. The molecule has 92 valence electrons. The molecule has 2 heterocycles. The molecular formula is C11H16N4O2. The van der Waals surface area contributed by atoms with Crippen LogP contribution in [0.1, 0.15) is 23.3 Å². The molecular weight excluding hydrogens is 220 g/mol. The third kappa shape index (κ3) is 2.71. The fourth-order valence-electron chi connectivity index (χ4n) is 1.96. The molecule has 1 atom stereocenters. The van der Waals surface area contributed by atoms with Gasteiger partial charge in [0.25, 0.3) is 5.91 Å². The summed E-state index contributed by atoms with van der Waals surface area (Å²) in [5, 5.41) is 0. The number of nitrogens with zero attached hydrogens (tertiary/aromatic N) is 3. The molecule has 1 aromatic heterocycles. The zero-order valence-corrected chi connectivity index (χ0v) is 9.80. The molecule has 0 spiro atoms. The maximum absolute atomic E-state index is 12.1. The highest BCUT2D eigenvalue weighted by Gasteiger charge is 2.25. The summed E-state index contributed by atoms with van der Waals surface area (Å²) in [6, 6.07) is 0. The van der Waals surface area contributed by atoms with Gasteiger partial charge in [-0.1, -0.05) is 0 Å². The van der Waals surface area contributed by atoms with Gasteiger partial charge in [-0.2, -0.15) is 0 Å². The van der Waals surface area contributed by atoms with Gasteiger partial charge in [-0.05, 0) is 12.8 Å². The van der Waals surface area contributed by atoms with Crippen LogP contribution < -0.4 is 5.73 Å². The summed E-state index contributed by atoms with van der Waals surface area (Å²) in [4.78, 5) is 21.7. The van der Waals surface area contributed by atoms with Gasteiger partial charge < -0.3 is 15.4 Å². The Kier molecular flexibility index (Phi) is 3.53. The maximum Gasteiger partial charge on any atom is 0.274 e. The Balaban J connectivity index is 2.09. The Hall–Kier alpha value is -1.69. The predicted octanol–water partition coefficient (Wildman–Crippen LogP) is 0.310. The highest BCUT2D eigenvalue weighted by atomic mass is 16.5. The maximum atomic E-state index is 12.1. The van der Waals surface area contributed by atoms with Gasteiger partial charge in [-0.15, -0.1) is 0 Å². The number of nitrogens with two attached hydrogens (primary N) is 1. The van der Waals surface area contributed by atoms with Gasteiger partial charge in [-0.3, -0.25) is 9.78 Å². The Labute approximate surface area is 99.8 Å². The van der Waals surface area contributed by atoms with Crippen molar-refractivity contribution in [2.75, 3.05) is 25.9 Å². The number of carbonyl (C=O) groups is 1. The highest BCUT2D eigenvalue weighted by Crippen LogP contribution is 2.14. The molecule has 1 aliphatic heterocycles. The summed E-state index contributed by atoms with van der Waals surface area (Å²) in [5.74, 6) is 0.128. The van der Waals surface area contributed by atoms with Crippen molar-refractivity contribution in [2.45, 2.75) is 18.9 Å². The van der Waals surface area contributed by atoms with E-state index >= 15 is 0 Å². The van der Waals surface area contributed by atoms with Crippen molar-refractivity contribution in [1.82, 2.24) is 14.9 Å². The van der Waals surface area contributed by atoms with E-state index in [4.69, 9.17) is 10.5 Å². The minimum absolute atomic E-state index is 0.113. The number of aromatic nitrogens is 2. The zero-order chi connectivity index (χ0) is 12.3. The number of nitrogen functional groups attached to an aromatic ring is 1. The van der Waals surface area contributed by atoms with Crippen LogP contribution in [0.4, 0.5) is 5.82 Å². The van der Waals surface area contributed by atoms with E-state index < -0.39 is 0 Å². The second-order valence-electron chi connectivity index (χ2n) is 4.08. The van der Waals surface area contributed by atoms with Gasteiger partial charge in [0.15, 0.2) is 0 Å². The molecule has 0 aliphatic carbocycles. The van der Waals surface area contributed by atoms with Crippen molar-refractivity contribution < 1.29 is 9.53 Å². The number of methoxy groups -OCH3 is 1. The van der Waals surface area contributed by atoms with Crippen molar-refractivity contribution in [3.8, 4) is 0 Å². The Morgan fingerprint density at radius 3 is 3.12 bits per heavy atom. The first-order valence-corrected chi connectivity index (χ1v) is 5.60. The summed E-state index contributed by atoms with van der Waals surface area (Å²) in [5.41, 5.74) is 5.80. The lowest BCUT2D eigenvalue weighted by atomic mass is 10.1. The van der Waals surface area contributed by atoms with Crippen LogP contribution in [0.2, 0.25) is 0 Å². The number of hydrogen-bond acceptors (Lipinski definition) is 5. The summed E-state index contributed by atoms with van der Waals surface area (Å²) < 4.78 is 5.28. The first-order chi connectivity index (χ1) is 8.20. The standard InChI is InChI=1S/C11H16N4O2/c1-17-8-3-2-4-15(7-8)11(16)9-5-13-6-10(12)14-9/h5-6,8H,2-4,7H2,1H3,(H2,12,14). The fourth-order valence-corrected chi connectivity index (χ4v) is 1.96. The molecule has 1 fully saturated rings. The van der Waals surface area contributed by atoms with Crippen LogP contribution in [0.3, 0.4) is 0 Å². The first kappa shape index (κ1) is 11.8. The van der Waals surface area contributed by atoms with Gasteiger partial charge in [0.1, 0.15) is 11.5 Å². The van der Waals surface area contributed by atoms with Crippen LogP contribution in [0.5, 0.6) is 0 Å². The van der Waals surface area contributed by atoms with E-state index in [9.17, 15) is 4.79 Å². The monoisotopic (exact) mass is 236 g/mol. The number of piperidine rings is 1. The van der Waals surface area contributed by atoms with Crippen molar-refractivity contribution in [2.24, 2.45) is 0 Å². The summed E-state index contributed by atoms with van der Waals surface area (Å²) in [6.07, 6.45) is 4.91. The van der Waals surface area contributed by atoms with Gasteiger partial charge in [-0.25, -0.2) is 4.98 Å². The molecule has 1 unspecified atom stereocenters. The van der Waals surface area contributed by atoms with Crippen molar-refractivity contribution in [1.29, 1.82) is 0 Å². The topological polar surface area (TPSA) is 81.3 Å². The van der Waals surface area contributed by atoms with Crippen LogP contribution >= 0.6 is 0 Å². The van der Waals surface area contributed by atoms with Gasteiger partial charge >= 0.3 is 0 Å². The minimum atomic E-state index is -0.133. The SMILES string of the molecule is COC1CCCN(C(=O)c2cncc(N)n2)C1. The minimum Gasteiger partial charge on any atom is -0.382 e. The predicted molar refractivity (Wildman–Crippen MR) is 62.4 cm³/mol. The summed E-state index contributed by atoms with van der Waals surface area (Å²) in [7, 11) is 1.67. The Bertz CT molecular complexity index is 410. The molecule has 0 saturated carbocycles. The van der Waals surface area contributed by atoms with Crippen molar-refractivity contribution >= 4 is 11.7 Å². The molecule has 0 bridgehead atoms. The Morgan fingerprint density at radius 1 is 1.59 bits per heavy atom. The average molecular weight is 236 g/mol. The summed E-state index contributed by atoms with van der Waals surface area (Å²) >= 11 is 0. The van der Waals surface area contributed by atoms with Crippen LogP contribution in [0.15, 0.2) is 12.4 Å². The quantitative estimate of drug-likeness (QED) is 0.799. The fraction of sp³-hybridized carbons (Fsp3) is 0.545. The lowest BCUT2D eigenvalue weighted by Crippen LogP contribution is -2.43. The second-order valence-corrected chi connectivity index (χ2v) is 4.08. The number of ether oxygens (including phenoxy) is 1. The molecule has 0 aromatic carbocycles. The van der Waals surface area contributed by atoms with E-state index in [1.807, 2.05) is 0 Å². The highest BCUT2D eigenvalue weighted by molar-refractivity contribution is 5.92. The number of hydrogen-bond donors (Lipinski definition) is 1. The van der Waals surface area contributed by atoms with Crippen molar-refractivity contribution in [3.63, 3.8) is 0 Å². The van der Waals surface area contributed by atoms with E-state index in [-0.39, 0.29) is 17.8 Å². The molecule has 1 saturated heterocycles. The second kappa shape index (κ2) is 5.09. The summed E-state index contributed by atoms with van der Waals surface area (Å²) in [6.45, 7) is 1.33. The lowest BCUT2D eigenvalue weighted by Gasteiger charge is -2.31. The molecule has 0 radical (unpaired) electrons. The number of rotatable bonds is 2. The van der Waals surface area contributed by atoms with E-state index in [1.54, 1.807) is 12.0 Å². The number of carbonyl (C=O) groups excluding carboxylic acids is 1. The third-order valence-corrected chi connectivity index (χ3v) is 2.87. The van der Waals surface area contributed by atoms with E-state index in [0.29, 0.717) is 12.2 Å². The average Bonchev–Trinajstić information content (AvgIpc) is 2.38. The molecule has 1 amide bonds. The van der Waals surface area contributed by atoms with Crippen molar-refractivity contribution in [3.05, 3.63) is 18.1 Å². The third-order valence-electron chi connectivity index (χ3n) is 2.87. The molecule has 6 heteroatoms. The molecule has 6 nitrogen and oxygen atoms in total. The molecule has 2 rings (SSSR count). The number of anilines is 1. The van der Waals surface area contributed by atoms with Crippen LogP contribution in [-0.2, 0) is 4.74 Å². The molecule has 17 heavy (non-hydrogen) atoms.